The molecule has 0 saturated carbocycles. The lowest BCUT2D eigenvalue weighted by molar-refractivity contribution is -0.142. The normalized spacial score (nSPS) is 12.9. The van der Waals surface area contributed by atoms with E-state index in [-0.39, 0.29) is 5.33 Å². The Morgan fingerprint density at radius 1 is 0.941 bits per heavy atom. The van der Waals surface area contributed by atoms with Crippen LogP contribution in [0.1, 0.15) is 16.7 Å². The molecule has 0 aliphatic carbocycles. The van der Waals surface area contributed by atoms with Crippen molar-refractivity contribution in [3.8, 4) is 0 Å². The maximum Gasteiger partial charge on any atom is 0.417 e. The van der Waals surface area contributed by atoms with Gasteiger partial charge in [0.05, 0.1) is 11.1 Å². The van der Waals surface area contributed by atoms with E-state index in [0.717, 1.165) is 0 Å². The van der Waals surface area contributed by atoms with E-state index >= 15 is 0 Å². The molecule has 17 heavy (non-hydrogen) atoms. The molecule has 1 aromatic carbocycles. The molecular formula is C9H4BrF6I. The van der Waals surface area contributed by atoms with Gasteiger partial charge < -0.3 is 0 Å². The van der Waals surface area contributed by atoms with Crippen LogP contribution in [0.3, 0.4) is 0 Å². The molecule has 8 heteroatoms. The van der Waals surface area contributed by atoms with Crippen molar-refractivity contribution in [1.82, 2.24) is 0 Å². The second-order valence-corrected chi connectivity index (χ2v) is 4.84. The summed E-state index contributed by atoms with van der Waals surface area (Å²) in [5.41, 5.74) is -2.53. The van der Waals surface area contributed by atoms with Crippen LogP contribution in [-0.4, -0.2) is 0 Å². The van der Waals surface area contributed by atoms with Gasteiger partial charge in [0.2, 0.25) is 0 Å². The summed E-state index contributed by atoms with van der Waals surface area (Å²) in [5.74, 6) is 0. The van der Waals surface area contributed by atoms with Crippen LogP contribution in [0.4, 0.5) is 26.3 Å². The van der Waals surface area contributed by atoms with Crippen molar-refractivity contribution < 1.29 is 26.3 Å². The van der Waals surface area contributed by atoms with E-state index in [1.165, 1.54) is 22.6 Å². The van der Waals surface area contributed by atoms with Crippen LogP contribution in [-0.2, 0) is 17.7 Å². The minimum atomic E-state index is -4.66. The van der Waals surface area contributed by atoms with Crippen molar-refractivity contribution in [3.63, 3.8) is 0 Å². The van der Waals surface area contributed by atoms with E-state index in [1.54, 1.807) is 0 Å². The van der Waals surface area contributed by atoms with Gasteiger partial charge in [0, 0.05) is 8.90 Å². The van der Waals surface area contributed by atoms with Gasteiger partial charge in [-0.15, -0.1) is 0 Å². The second-order valence-electron chi connectivity index (χ2n) is 3.12. The molecule has 0 N–H and O–H groups in total. The molecule has 0 atom stereocenters. The van der Waals surface area contributed by atoms with Gasteiger partial charge >= 0.3 is 12.4 Å². The highest BCUT2D eigenvalue weighted by molar-refractivity contribution is 14.1. The maximum absolute atomic E-state index is 12.5. The molecule has 0 fully saturated rings. The highest BCUT2D eigenvalue weighted by Gasteiger charge is 2.38. The van der Waals surface area contributed by atoms with Crippen LogP contribution in [0.15, 0.2) is 12.1 Å². The largest absolute Gasteiger partial charge is 0.417 e. The van der Waals surface area contributed by atoms with Gasteiger partial charge in [-0.2, -0.15) is 26.3 Å². The average molecular weight is 433 g/mol. The molecule has 1 aromatic rings. The smallest absolute Gasteiger partial charge is 0.166 e. The van der Waals surface area contributed by atoms with Crippen LogP contribution >= 0.6 is 38.5 Å². The van der Waals surface area contributed by atoms with Gasteiger partial charge in [0.1, 0.15) is 0 Å². The van der Waals surface area contributed by atoms with Gasteiger partial charge in [0.15, 0.2) is 0 Å². The highest BCUT2D eigenvalue weighted by atomic mass is 127. The van der Waals surface area contributed by atoms with Crippen molar-refractivity contribution in [3.05, 3.63) is 32.4 Å². The number of benzene rings is 1. The molecule has 0 aliphatic heterocycles. The molecule has 0 bridgehead atoms. The van der Waals surface area contributed by atoms with Gasteiger partial charge in [-0.25, -0.2) is 0 Å². The number of hydrogen-bond acceptors (Lipinski definition) is 0. The Morgan fingerprint density at radius 2 is 1.41 bits per heavy atom. The maximum atomic E-state index is 12.5. The van der Waals surface area contributed by atoms with E-state index in [1.807, 2.05) is 0 Å². The van der Waals surface area contributed by atoms with Crippen LogP contribution in [0, 0.1) is 3.57 Å². The molecule has 0 aromatic heterocycles. The van der Waals surface area contributed by atoms with Gasteiger partial charge in [-0.1, -0.05) is 15.9 Å². The molecule has 0 amide bonds. The summed E-state index contributed by atoms with van der Waals surface area (Å²) in [6.45, 7) is 0. The second kappa shape index (κ2) is 4.94. The van der Waals surface area contributed by atoms with Crippen molar-refractivity contribution in [2.45, 2.75) is 17.7 Å². The van der Waals surface area contributed by atoms with Crippen LogP contribution in [0.25, 0.3) is 0 Å². The fourth-order valence-electron chi connectivity index (χ4n) is 1.21. The van der Waals surface area contributed by atoms with E-state index < -0.39 is 32.6 Å². The number of rotatable bonds is 1. The Bertz CT molecular complexity index is 423. The standard InChI is InChI=1S/C9H4BrF6I/c10-3-4-1-6(9(14,15)16)7(17)2-5(4)8(11,12)13/h1-2H,3H2. The summed E-state index contributed by atoms with van der Waals surface area (Å²) in [7, 11) is 0. The fraction of sp³-hybridized carbons (Fsp3) is 0.333. The van der Waals surface area contributed by atoms with Crippen LogP contribution in [0.2, 0.25) is 0 Å². The zero-order valence-electron chi connectivity index (χ0n) is 7.89. The van der Waals surface area contributed by atoms with Gasteiger partial charge in [-0.05, 0) is 40.3 Å². The van der Waals surface area contributed by atoms with Crippen LogP contribution < -0.4 is 0 Å². The SMILES string of the molecule is FC(F)(F)c1cc(CBr)c(C(F)(F)F)cc1I. The van der Waals surface area contributed by atoms with Gasteiger partial charge in [-0.3, -0.25) is 0 Å². The quantitative estimate of drug-likeness (QED) is 0.324. The zero-order chi connectivity index (χ0) is 13.4. The molecule has 0 unspecified atom stereocenters. The van der Waals surface area contributed by atoms with E-state index in [4.69, 9.17) is 0 Å². The third-order valence-electron chi connectivity index (χ3n) is 1.95. The van der Waals surface area contributed by atoms with Crippen molar-refractivity contribution >= 4 is 38.5 Å². The zero-order valence-corrected chi connectivity index (χ0v) is 11.6. The third-order valence-corrected chi connectivity index (χ3v) is 3.44. The summed E-state index contributed by atoms with van der Waals surface area (Å²) in [6.07, 6.45) is -9.31. The number of alkyl halides is 7. The molecule has 0 aliphatic rings. The Kier molecular flexibility index (Phi) is 4.38. The molecule has 0 spiro atoms. The molecule has 0 saturated heterocycles. The molecule has 0 heterocycles. The molecule has 1 rings (SSSR count). The first kappa shape index (κ1) is 15.1. The third kappa shape index (κ3) is 3.49. The first-order chi connectivity index (χ1) is 7.57. The molecule has 0 radical (unpaired) electrons. The molecule has 0 nitrogen and oxygen atoms in total. The monoisotopic (exact) mass is 432 g/mol. The Labute approximate surface area is 115 Å². The number of halogens is 8. The highest BCUT2D eigenvalue weighted by Crippen LogP contribution is 2.39. The minimum absolute atomic E-state index is 0.290. The van der Waals surface area contributed by atoms with Crippen molar-refractivity contribution in [2.24, 2.45) is 0 Å². The van der Waals surface area contributed by atoms with E-state index in [9.17, 15) is 26.3 Å². The first-order valence-corrected chi connectivity index (χ1v) is 6.30. The van der Waals surface area contributed by atoms with Crippen molar-refractivity contribution in [2.75, 3.05) is 0 Å². The van der Waals surface area contributed by atoms with Gasteiger partial charge in [0.25, 0.3) is 0 Å². The Morgan fingerprint density at radius 3 is 1.76 bits per heavy atom. The first-order valence-electron chi connectivity index (χ1n) is 4.10. The minimum Gasteiger partial charge on any atom is -0.166 e. The summed E-state index contributed by atoms with van der Waals surface area (Å²) < 4.78 is 74.6. The van der Waals surface area contributed by atoms with E-state index in [0.29, 0.717) is 12.1 Å². The predicted molar refractivity (Wildman–Crippen MR) is 61.8 cm³/mol. The molecular weight excluding hydrogens is 429 g/mol. The topological polar surface area (TPSA) is 0 Å². The van der Waals surface area contributed by atoms with Crippen molar-refractivity contribution in [1.29, 1.82) is 0 Å². The predicted octanol–water partition coefficient (Wildman–Crippen LogP) is 5.22. The summed E-state index contributed by atoms with van der Waals surface area (Å²) in [4.78, 5) is 0. The Hall–Kier alpha value is 0.01000. The van der Waals surface area contributed by atoms with E-state index in [2.05, 4.69) is 15.9 Å². The average Bonchev–Trinajstić information content (AvgIpc) is 2.14. The lowest BCUT2D eigenvalue weighted by atomic mass is 10.0. The molecule has 96 valence electrons. The van der Waals surface area contributed by atoms with Crippen LogP contribution in [0.5, 0.6) is 0 Å². The fourth-order valence-corrected chi connectivity index (χ4v) is 2.45. The Balaban J connectivity index is 3.46. The summed E-state index contributed by atoms with van der Waals surface area (Å²) in [6, 6.07) is 1.04. The lowest BCUT2D eigenvalue weighted by Gasteiger charge is -2.16. The summed E-state index contributed by atoms with van der Waals surface area (Å²) in [5, 5.41) is -0.290. The lowest BCUT2D eigenvalue weighted by Crippen LogP contribution is -2.14. The summed E-state index contributed by atoms with van der Waals surface area (Å²) >= 11 is 4.01. The number of hydrogen-bond donors (Lipinski definition) is 0.